The lowest BCUT2D eigenvalue weighted by molar-refractivity contribution is -0.238. The first-order chi connectivity index (χ1) is 12.0. The number of hydrogen-bond acceptors (Lipinski definition) is 2. The van der Waals surface area contributed by atoms with Gasteiger partial charge in [0.2, 0.25) is 0 Å². The first-order valence-electron chi connectivity index (χ1n) is 10.2. The van der Waals surface area contributed by atoms with Crippen LogP contribution < -0.4 is 0 Å². The van der Waals surface area contributed by atoms with Crippen molar-refractivity contribution in [1.29, 1.82) is 0 Å². The molecule has 0 aliphatic rings. The Morgan fingerprint density at radius 2 is 1.08 bits per heavy atom. The minimum atomic E-state index is -3.97. The topological polar surface area (TPSA) is 26.3 Å². The van der Waals surface area contributed by atoms with Gasteiger partial charge in [0.15, 0.2) is 6.67 Å². The molecule has 0 N–H and O–H groups in total. The molecule has 0 spiro atoms. The average molecular weight is 367 g/mol. The van der Waals surface area contributed by atoms with Crippen LogP contribution in [0.5, 0.6) is 0 Å². The van der Waals surface area contributed by atoms with Crippen LogP contribution >= 0.6 is 0 Å². The van der Waals surface area contributed by atoms with Crippen molar-refractivity contribution in [2.24, 2.45) is 0 Å². The normalized spacial score (nSPS) is 11.7. The molecular weight excluding hydrogens is 329 g/mol. The predicted octanol–water partition coefficient (Wildman–Crippen LogP) is 7.35. The zero-order chi connectivity index (χ0) is 18.8. The maximum atomic E-state index is 12.5. The summed E-state index contributed by atoms with van der Waals surface area (Å²) in [4.78, 5) is 11.1. The Morgan fingerprint density at radius 3 is 1.44 bits per heavy atom. The van der Waals surface area contributed by atoms with Crippen LogP contribution in [0.4, 0.5) is 13.2 Å². The summed E-state index contributed by atoms with van der Waals surface area (Å²) in [6.07, 6.45) is 14.0. The lowest BCUT2D eigenvalue weighted by Crippen LogP contribution is -2.27. The van der Waals surface area contributed by atoms with Crippen LogP contribution in [-0.4, -0.2) is 18.8 Å². The highest BCUT2D eigenvalue weighted by Crippen LogP contribution is 2.18. The monoisotopic (exact) mass is 366 g/mol. The fourth-order valence-electron chi connectivity index (χ4n) is 2.89. The number of halogens is 3. The van der Waals surface area contributed by atoms with Gasteiger partial charge >= 0.3 is 12.1 Å². The number of unbranched alkanes of at least 4 members (excludes halogenated alkanes) is 14. The van der Waals surface area contributed by atoms with Gasteiger partial charge in [-0.1, -0.05) is 96.8 Å². The van der Waals surface area contributed by atoms with Crippen LogP contribution in [0.1, 0.15) is 110 Å². The maximum Gasteiger partial charge on any atom is 0.429 e. The molecule has 0 aromatic heterocycles. The highest BCUT2D eigenvalue weighted by Gasteiger charge is 2.33. The van der Waals surface area contributed by atoms with Gasteiger partial charge in [0.1, 0.15) is 0 Å². The average Bonchev–Trinajstić information content (AvgIpc) is 2.58. The van der Waals surface area contributed by atoms with Crippen molar-refractivity contribution in [1.82, 2.24) is 0 Å². The largest absolute Gasteiger partial charge is 0.429 e. The Balaban J connectivity index is 3.20. The van der Waals surface area contributed by atoms with Crippen molar-refractivity contribution in [2.75, 3.05) is 6.67 Å². The van der Waals surface area contributed by atoms with E-state index in [4.69, 9.17) is 0 Å². The Bertz CT molecular complexity index is 309. The molecule has 25 heavy (non-hydrogen) atoms. The quantitative estimate of drug-likeness (QED) is 0.187. The highest BCUT2D eigenvalue weighted by atomic mass is 19.3. The van der Waals surface area contributed by atoms with Crippen LogP contribution in [0.2, 0.25) is 0 Å². The molecule has 0 aliphatic heterocycles. The lowest BCUT2D eigenvalue weighted by Gasteiger charge is -2.12. The third-order valence-electron chi connectivity index (χ3n) is 4.40. The summed E-state index contributed by atoms with van der Waals surface area (Å²) in [5, 5.41) is 0. The summed E-state index contributed by atoms with van der Waals surface area (Å²) >= 11 is 0. The molecule has 0 rings (SSSR count). The SMILES string of the molecule is CCCCCCCCCCCCCCCCCC(=O)OC(F)(F)CF. The van der Waals surface area contributed by atoms with Crippen molar-refractivity contribution < 1.29 is 22.7 Å². The summed E-state index contributed by atoms with van der Waals surface area (Å²) in [5.74, 6) is -1.02. The molecule has 0 radical (unpaired) electrons. The molecule has 0 amide bonds. The van der Waals surface area contributed by atoms with Crippen LogP contribution in [0.3, 0.4) is 0 Å². The number of esters is 1. The van der Waals surface area contributed by atoms with Crippen LogP contribution in [-0.2, 0) is 9.53 Å². The van der Waals surface area contributed by atoms with Gasteiger partial charge in [-0.3, -0.25) is 4.79 Å². The first kappa shape index (κ1) is 24.3. The molecular formula is C20H37F3O2. The van der Waals surface area contributed by atoms with E-state index in [0.717, 1.165) is 19.3 Å². The molecule has 0 bridgehead atoms. The Hall–Kier alpha value is -0.740. The molecule has 0 heterocycles. The lowest BCUT2D eigenvalue weighted by atomic mass is 10.0. The number of alkyl halides is 3. The van der Waals surface area contributed by atoms with E-state index < -0.39 is 18.8 Å². The molecule has 0 saturated heterocycles. The van der Waals surface area contributed by atoms with Gasteiger partial charge < -0.3 is 4.74 Å². The molecule has 0 atom stereocenters. The van der Waals surface area contributed by atoms with Crippen molar-refractivity contribution in [3.63, 3.8) is 0 Å². The Kier molecular flexibility index (Phi) is 16.2. The second kappa shape index (κ2) is 16.7. The van der Waals surface area contributed by atoms with E-state index in [0.29, 0.717) is 6.42 Å². The first-order valence-corrected chi connectivity index (χ1v) is 10.2. The van der Waals surface area contributed by atoms with Crippen molar-refractivity contribution in [2.45, 2.75) is 116 Å². The number of hydrogen-bond donors (Lipinski definition) is 0. The molecule has 0 saturated carbocycles. The van der Waals surface area contributed by atoms with Crippen molar-refractivity contribution in [3.05, 3.63) is 0 Å². The van der Waals surface area contributed by atoms with E-state index in [1.165, 1.54) is 70.6 Å². The molecule has 2 nitrogen and oxygen atoms in total. The number of rotatable bonds is 18. The maximum absolute atomic E-state index is 12.5. The summed E-state index contributed by atoms with van der Waals surface area (Å²) in [5.41, 5.74) is 0. The molecule has 0 unspecified atom stereocenters. The van der Waals surface area contributed by atoms with Crippen LogP contribution in [0, 0.1) is 0 Å². The zero-order valence-electron chi connectivity index (χ0n) is 16.0. The van der Waals surface area contributed by atoms with Gasteiger partial charge in [0, 0.05) is 6.42 Å². The molecule has 0 aromatic rings. The number of carbonyl (C=O) groups excluding carboxylic acids is 1. The number of ether oxygens (including phenoxy) is 1. The molecule has 5 heteroatoms. The summed E-state index contributed by atoms with van der Waals surface area (Å²) in [6.45, 7) is 0.280. The zero-order valence-corrected chi connectivity index (χ0v) is 16.0. The summed E-state index contributed by atoms with van der Waals surface area (Å²) in [6, 6.07) is 0. The van der Waals surface area contributed by atoms with Gasteiger partial charge in [-0.25, -0.2) is 4.39 Å². The van der Waals surface area contributed by atoms with Gasteiger partial charge in [-0.05, 0) is 6.42 Å². The van der Waals surface area contributed by atoms with Crippen LogP contribution in [0.15, 0.2) is 0 Å². The van der Waals surface area contributed by atoms with E-state index in [2.05, 4.69) is 11.7 Å². The van der Waals surface area contributed by atoms with Gasteiger partial charge in [0.05, 0.1) is 0 Å². The fourth-order valence-corrected chi connectivity index (χ4v) is 2.89. The Labute approximate surface area is 151 Å². The van der Waals surface area contributed by atoms with Gasteiger partial charge in [-0.15, -0.1) is 0 Å². The minimum Gasteiger partial charge on any atom is -0.399 e. The standard InChI is InChI=1S/C20H37F3O2/c1-2-3-4-5-6-7-8-9-10-11-12-13-14-15-16-17-19(24)25-20(22,23)18-21/h2-18H2,1H3. The van der Waals surface area contributed by atoms with E-state index >= 15 is 0 Å². The van der Waals surface area contributed by atoms with Crippen LogP contribution in [0.25, 0.3) is 0 Å². The van der Waals surface area contributed by atoms with Crippen molar-refractivity contribution >= 4 is 5.97 Å². The third kappa shape index (κ3) is 17.9. The van der Waals surface area contributed by atoms with Gasteiger partial charge in [-0.2, -0.15) is 8.78 Å². The minimum absolute atomic E-state index is 0.0617. The molecule has 150 valence electrons. The second-order valence-corrected chi connectivity index (χ2v) is 6.94. The second-order valence-electron chi connectivity index (χ2n) is 6.94. The Morgan fingerprint density at radius 1 is 0.720 bits per heavy atom. The highest BCUT2D eigenvalue weighted by molar-refractivity contribution is 5.69. The molecule has 0 aromatic carbocycles. The van der Waals surface area contributed by atoms with E-state index in [1.807, 2.05) is 0 Å². The van der Waals surface area contributed by atoms with E-state index in [1.54, 1.807) is 0 Å². The fraction of sp³-hybridized carbons (Fsp3) is 0.950. The molecule has 0 aliphatic carbocycles. The van der Waals surface area contributed by atoms with E-state index in [9.17, 15) is 18.0 Å². The third-order valence-corrected chi connectivity index (χ3v) is 4.40. The smallest absolute Gasteiger partial charge is 0.399 e. The molecule has 0 fully saturated rings. The summed E-state index contributed by atoms with van der Waals surface area (Å²) in [7, 11) is 0. The number of carbonyl (C=O) groups is 1. The summed E-state index contributed by atoms with van der Waals surface area (Å²) < 4.78 is 40.5. The van der Waals surface area contributed by atoms with Gasteiger partial charge in [0.25, 0.3) is 0 Å². The van der Waals surface area contributed by atoms with Crippen molar-refractivity contribution in [3.8, 4) is 0 Å². The van der Waals surface area contributed by atoms with E-state index in [-0.39, 0.29) is 6.42 Å². The predicted molar refractivity (Wildman–Crippen MR) is 96.6 cm³/mol.